The van der Waals surface area contributed by atoms with Gasteiger partial charge in [-0.25, -0.2) is 4.79 Å². The van der Waals surface area contributed by atoms with E-state index in [0.717, 1.165) is 21.3 Å². The van der Waals surface area contributed by atoms with Gasteiger partial charge in [-0.3, -0.25) is 13.9 Å². The molecule has 0 saturated carbocycles. The predicted molar refractivity (Wildman–Crippen MR) is 103 cm³/mol. The third-order valence-electron chi connectivity index (χ3n) is 4.13. The van der Waals surface area contributed by atoms with Gasteiger partial charge in [0.05, 0.1) is 32.9 Å². The maximum atomic E-state index is 12.6. The second-order valence-electron chi connectivity index (χ2n) is 6.32. The molecular formula is C18H19F3N4O6. The Bertz CT molecular complexity index is 1090. The van der Waals surface area contributed by atoms with Gasteiger partial charge in [0, 0.05) is 13.1 Å². The lowest BCUT2D eigenvalue weighted by Gasteiger charge is -2.20. The second-order valence-corrected chi connectivity index (χ2v) is 6.32. The van der Waals surface area contributed by atoms with E-state index in [9.17, 15) is 22.8 Å². The molecule has 3 rings (SSSR count). The van der Waals surface area contributed by atoms with E-state index in [0.29, 0.717) is 0 Å². The molecule has 13 heteroatoms. The zero-order chi connectivity index (χ0) is 22.6. The quantitative estimate of drug-likeness (QED) is 0.612. The number of nitrogens with one attached hydrogen (secondary N) is 1. The fraction of sp³-hybridized carbons (Fsp3) is 0.389. The summed E-state index contributed by atoms with van der Waals surface area (Å²) in [7, 11) is 1.41. The van der Waals surface area contributed by atoms with Crippen LogP contribution < -0.4 is 26.0 Å². The van der Waals surface area contributed by atoms with Gasteiger partial charge in [-0.1, -0.05) is 6.07 Å². The molecule has 1 aliphatic rings. The normalized spacial score (nSPS) is 13.3. The number of halogens is 3. The van der Waals surface area contributed by atoms with Gasteiger partial charge < -0.3 is 24.6 Å². The highest BCUT2D eigenvalue weighted by atomic mass is 19.4. The fourth-order valence-corrected chi connectivity index (χ4v) is 2.81. The lowest BCUT2D eigenvalue weighted by atomic mass is 10.3. The van der Waals surface area contributed by atoms with Crippen molar-refractivity contribution in [3.63, 3.8) is 0 Å². The van der Waals surface area contributed by atoms with Gasteiger partial charge in [0.1, 0.15) is 17.2 Å². The highest BCUT2D eigenvalue weighted by molar-refractivity contribution is 5.90. The first-order valence-electron chi connectivity index (χ1n) is 9.07. The molecule has 0 radical (unpaired) electrons. The van der Waals surface area contributed by atoms with Gasteiger partial charge >= 0.3 is 12.1 Å². The van der Waals surface area contributed by atoms with Crippen molar-refractivity contribution in [2.45, 2.75) is 12.9 Å². The largest absolute Gasteiger partial charge is 0.573 e. The van der Waals surface area contributed by atoms with Crippen LogP contribution in [0.2, 0.25) is 0 Å². The summed E-state index contributed by atoms with van der Waals surface area (Å²) in [6.45, 7) is -0.0896. The van der Waals surface area contributed by atoms with E-state index >= 15 is 0 Å². The molecule has 0 amide bonds. The number of nitrogens with zero attached hydrogens (tertiary/aromatic N) is 3. The van der Waals surface area contributed by atoms with Gasteiger partial charge in [-0.2, -0.15) is 4.99 Å². The standard InChI is InChI=1S/C18H19F3N4O6/c1-24-15-14(16(27)25(17(24)28)5-7-29-8-6-26)22-10-13(23-15)30-11-3-2-4-12(9-11)31-18(19,20)21/h2-4,9,22,26H,5-8,10H2,1H3. The average Bonchev–Trinajstić information content (AvgIpc) is 2.70. The summed E-state index contributed by atoms with van der Waals surface area (Å²) in [6.07, 6.45) is -4.84. The van der Waals surface area contributed by atoms with E-state index in [1.165, 1.54) is 19.2 Å². The van der Waals surface area contributed by atoms with Crippen molar-refractivity contribution in [1.29, 1.82) is 0 Å². The third kappa shape index (κ3) is 5.44. The molecule has 0 bridgehead atoms. The Kier molecular flexibility index (Phi) is 6.65. The first-order chi connectivity index (χ1) is 14.7. The van der Waals surface area contributed by atoms with Crippen molar-refractivity contribution in [3.8, 4) is 11.5 Å². The topological polar surface area (TPSA) is 116 Å². The molecular weight excluding hydrogens is 425 g/mol. The summed E-state index contributed by atoms with van der Waals surface area (Å²) >= 11 is 0. The summed E-state index contributed by atoms with van der Waals surface area (Å²) in [6, 6.07) is 4.88. The lowest BCUT2D eigenvalue weighted by Crippen LogP contribution is -2.42. The Balaban J connectivity index is 1.84. The van der Waals surface area contributed by atoms with Gasteiger partial charge in [0.25, 0.3) is 5.56 Å². The number of ether oxygens (including phenoxy) is 3. The molecule has 2 N–H and O–H groups in total. The molecule has 0 saturated heterocycles. The fourth-order valence-electron chi connectivity index (χ4n) is 2.81. The van der Waals surface area contributed by atoms with E-state index in [2.05, 4.69) is 15.0 Å². The van der Waals surface area contributed by atoms with Crippen LogP contribution in [-0.4, -0.2) is 52.9 Å². The number of aliphatic hydroxyl groups is 1. The van der Waals surface area contributed by atoms with Gasteiger partial charge in [-0.05, 0) is 12.1 Å². The molecule has 0 fully saturated rings. The summed E-state index contributed by atoms with van der Waals surface area (Å²) in [4.78, 5) is 29.3. The predicted octanol–water partition coefficient (Wildman–Crippen LogP) is 0.989. The SMILES string of the molecule is Cn1c2c(c(=O)n(CCOCCO)c1=O)NCC(Oc1cccc(OC(F)(F)F)c1)=N2. The molecule has 1 aromatic carbocycles. The first-order valence-corrected chi connectivity index (χ1v) is 9.07. The van der Waals surface area contributed by atoms with E-state index in [-0.39, 0.29) is 56.1 Å². The Morgan fingerprint density at radius 3 is 2.68 bits per heavy atom. The number of aliphatic imine (C=N–C) groups is 1. The third-order valence-corrected chi connectivity index (χ3v) is 4.13. The molecule has 168 valence electrons. The highest BCUT2D eigenvalue weighted by Gasteiger charge is 2.31. The minimum absolute atomic E-state index is 0.0143. The zero-order valence-electron chi connectivity index (χ0n) is 16.3. The van der Waals surface area contributed by atoms with Crippen LogP contribution in [0.15, 0.2) is 38.8 Å². The summed E-state index contributed by atoms with van der Waals surface area (Å²) in [5.41, 5.74) is -1.16. The summed E-state index contributed by atoms with van der Waals surface area (Å²) < 4.78 is 53.7. The lowest BCUT2D eigenvalue weighted by molar-refractivity contribution is -0.274. The molecule has 0 aliphatic carbocycles. The van der Waals surface area contributed by atoms with Gasteiger partial charge in [0.15, 0.2) is 5.82 Å². The minimum atomic E-state index is -4.84. The summed E-state index contributed by atoms with van der Waals surface area (Å²) in [5.74, 6) is -0.375. The molecule has 0 atom stereocenters. The van der Waals surface area contributed by atoms with E-state index in [4.69, 9.17) is 14.6 Å². The molecule has 1 aromatic heterocycles. The number of aliphatic hydroxyl groups excluding tert-OH is 1. The summed E-state index contributed by atoms with van der Waals surface area (Å²) in [5, 5.41) is 11.5. The Morgan fingerprint density at radius 1 is 1.23 bits per heavy atom. The second kappa shape index (κ2) is 9.22. The monoisotopic (exact) mass is 444 g/mol. The average molecular weight is 444 g/mol. The van der Waals surface area contributed by atoms with E-state index in [1.54, 1.807) is 0 Å². The minimum Gasteiger partial charge on any atom is -0.441 e. The van der Waals surface area contributed by atoms with Crippen LogP contribution in [0.1, 0.15) is 0 Å². The number of rotatable bonds is 7. The van der Waals surface area contributed by atoms with Crippen molar-refractivity contribution < 1.29 is 32.5 Å². The smallest absolute Gasteiger partial charge is 0.441 e. The van der Waals surface area contributed by atoms with Crippen molar-refractivity contribution in [1.82, 2.24) is 9.13 Å². The molecule has 2 aromatic rings. The van der Waals surface area contributed by atoms with E-state index in [1.807, 2.05) is 0 Å². The maximum Gasteiger partial charge on any atom is 0.573 e. The zero-order valence-corrected chi connectivity index (χ0v) is 16.3. The van der Waals surface area contributed by atoms with E-state index < -0.39 is 23.4 Å². The molecule has 10 nitrogen and oxygen atoms in total. The maximum absolute atomic E-state index is 12.6. The number of hydrogen-bond acceptors (Lipinski definition) is 8. The Morgan fingerprint density at radius 2 is 1.97 bits per heavy atom. The van der Waals surface area contributed by atoms with Gasteiger partial charge in [0.2, 0.25) is 5.90 Å². The molecule has 0 unspecified atom stereocenters. The van der Waals surface area contributed by atoms with Crippen molar-refractivity contribution in [2.75, 3.05) is 31.7 Å². The highest BCUT2D eigenvalue weighted by Crippen LogP contribution is 2.27. The van der Waals surface area contributed by atoms with Crippen molar-refractivity contribution in [3.05, 3.63) is 45.1 Å². The van der Waals surface area contributed by atoms with Crippen molar-refractivity contribution >= 4 is 17.4 Å². The van der Waals surface area contributed by atoms with Crippen LogP contribution in [0.3, 0.4) is 0 Å². The molecule has 31 heavy (non-hydrogen) atoms. The number of anilines is 1. The van der Waals surface area contributed by atoms with Crippen LogP contribution in [0.5, 0.6) is 11.5 Å². The first kappa shape index (κ1) is 22.4. The Labute approximate surface area is 173 Å². The van der Waals surface area contributed by atoms with Crippen LogP contribution in [0.25, 0.3) is 0 Å². The Hall–Kier alpha value is -3.32. The molecule has 0 spiro atoms. The molecule has 2 heterocycles. The number of benzene rings is 1. The van der Waals surface area contributed by atoms with Gasteiger partial charge in [-0.15, -0.1) is 13.2 Å². The van der Waals surface area contributed by atoms with Crippen LogP contribution in [0.4, 0.5) is 24.7 Å². The number of aromatic nitrogens is 2. The van der Waals surface area contributed by atoms with Crippen LogP contribution in [0, 0.1) is 0 Å². The number of hydrogen-bond donors (Lipinski definition) is 2. The van der Waals surface area contributed by atoms with Crippen molar-refractivity contribution in [2.24, 2.45) is 12.0 Å². The van der Waals surface area contributed by atoms with Crippen LogP contribution in [-0.2, 0) is 18.3 Å². The number of fused-ring (bicyclic) bond motifs is 1. The number of alkyl halides is 3. The van der Waals surface area contributed by atoms with Crippen LogP contribution >= 0.6 is 0 Å². The molecule has 1 aliphatic heterocycles.